The topological polar surface area (TPSA) is 100 Å². The van der Waals surface area contributed by atoms with Gasteiger partial charge in [-0.1, -0.05) is 24.3 Å². The largest absolute Gasteiger partial charge is 0.469 e. The van der Waals surface area contributed by atoms with E-state index >= 15 is 0 Å². The number of halogens is 1. The molecule has 1 aliphatic rings. The summed E-state index contributed by atoms with van der Waals surface area (Å²) < 4.78 is 18.8. The van der Waals surface area contributed by atoms with E-state index in [1.54, 1.807) is 48.7 Å². The van der Waals surface area contributed by atoms with Gasteiger partial charge in [-0.15, -0.1) is 0 Å². The van der Waals surface area contributed by atoms with Gasteiger partial charge in [-0.05, 0) is 48.4 Å². The van der Waals surface area contributed by atoms with E-state index < -0.39 is 17.9 Å². The SMILES string of the molecule is O=C(C[C@H]1NC(=O)c2ccccc2NC1=O)NCC[C@H](c1ccc(F)cc1)c1ccco1. The molecule has 0 fully saturated rings. The molecular formula is C24H22FN3O4. The third-order valence-electron chi connectivity index (χ3n) is 5.36. The van der Waals surface area contributed by atoms with Gasteiger partial charge < -0.3 is 20.4 Å². The van der Waals surface area contributed by atoms with Crippen LogP contribution in [0.5, 0.6) is 0 Å². The average molecular weight is 435 g/mol. The van der Waals surface area contributed by atoms with E-state index in [0.29, 0.717) is 30.0 Å². The Bertz CT molecular complexity index is 1110. The van der Waals surface area contributed by atoms with Crippen LogP contribution in [0.2, 0.25) is 0 Å². The van der Waals surface area contributed by atoms with Gasteiger partial charge >= 0.3 is 0 Å². The minimum atomic E-state index is -0.979. The Kier molecular flexibility index (Phi) is 6.30. The first-order chi connectivity index (χ1) is 15.5. The third kappa shape index (κ3) is 4.85. The van der Waals surface area contributed by atoms with Crippen LogP contribution in [0.1, 0.15) is 40.4 Å². The molecule has 3 aromatic rings. The molecule has 0 bridgehead atoms. The fraction of sp³-hybridized carbons (Fsp3) is 0.208. The van der Waals surface area contributed by atoms with Gasteiger partial charge in [0.15, 0.2) is 0 Å². The number of benzene rings is 2. The van der Waals surface area contributed by atoms with Gasteiger partial charge in [0.2, 0.25) is 11.8 Å². The first-order valence-electron chi connectivity index (χ1n) is 10.3. The predicted octanol–water partition coefficient (Wildman–Crippen LogP) is 3.20. The summed E-state index contributed by atoms with van der Waals surface area (Å²) in [5.41, 5.74) is 1.63. The second-order valence-electron chi connectivity index (χ2n) is 7.52. The van der Waals surface area contributed by atoms with E-state index in [4.69, 9.17) is 4.42 Å². The Hall–Kier alpha value is -3.94. The average Bonchev–Trinajstić information content (AvgIpc) is 3.28. The third-order valence-corrected chi connectivity index (χ3v) is 5.36. The Morgan fingerprint density at radius 3 is 2.59 bits per heavy atom. The maximum atomic E-state index is 13.3. The molecule has 7 nitrogen and oxygen atoms in total. The van der Waals surface area contributed by atoms with E-state index in [1.807, 2.05) is 6.07 Å². The molecule has 0 spiro atoms. The molecule has 0 aliphatic carbocycles. The molecule has 2 aromatic carbocycles. The number of hydrogen-bond donors (Lipinski definition) is 3. The van der Waals surface area contributed by atoms with E-state index in [1.165, 1.54) is 12.1 Å². The Morgan fingerprint density at radius 2 is 1.84 bits per heavy atom. The first kappa shape index (κ1) is 21.3. The minimum Gasteiger partial charge on any atom is -0.469 e. The van der Waals surface area contributed by atoms with Crippen molar-refractivity contribution in [3.8, 4) is 0 Å². The number of fused-ring (bicyclic) bond motifs is 1. The van der Waals surface area contributed by atoms with Crippen molar-refractivity contribution in [1.82, 2.24) is 10.6 Å². The maximum absolute atomic E-state index is 13.3. The molecule has 164 valence electrons. The van der Waals surface area contributed by atoms with Crippen LogP contribution in [0.3, 0.4) is 0 Å². The number of para-hydroxylation sites is 1. The van der Waals surface area contributed by atoms with Crippen molar-refractivity contribution in [3.63, 3.8) is 0 Å². The Balaban J connectivity index is 1.35. The van der Waals surface area contributed by atoms with Gasteiger partial charge in [0.25, 0.3) is 5.91 Å². The molecule has 3 N–H and O–H groups in total. The highest BCUT2D eigenvalue weighted by Crippen LogP contribution is 2.28. The number of furan rings is 1. The van der Waals surface area contributed by atoms with Gasteiger partial charge in [0, 0.05) is 12.5 Å². The summed E-state index contributed by atoms with van der Waals surface area (Å²) in [6.07, 6.45) is 1.89. The number of carbonyl (C=O) groups is 3. The zero-order valence-electron chi connectivity index (χ0n) is 17.1. The molecule has 0 saturated heterocycles. The smallest absolute Gasteiger partial charge is 0.254 e. The molecule has 2 atom stereocenters. The van der Waals surface area contributed by atoms with Crippen LogP contribution in [0.25, 0.3) is 0 Å². The molecule has 8 heteroatoms. The van der Waals surface area contributed by atoms with Crippen molar-refractivity contribution in [2.45, 2.75) is 24.8 Å². The first-order valence-corrected chi connectivity index (χ1v) is 10.3. The zero-order valence-corrected chi connectivity index (χ0v) is 17.1. The molecule has 2 heterocycles. The Morgan fingerprint density at radius 1 is 1.06 bits per heavy atom. The standard InChI is InChI=1S/C24H22FN3O4/c25-16-9-7-15(8-10-16)17(21-6-3-13-32-21)11-12-26-22(29)14-20-24(31)27-19-5-2-1-4-18(19)23(30)28-20/h1-10,13,17,20H,11-12,14H2,(H,26,29)(H,27,31)(H,28,30)/t17-,20-/m1/s1. The summed E-state index contributed by atoms with van der Waals surface area (Å²) in [6.45, 7) is 0.310. The predicted molar refractivity (Wildman–Crippen MR) is 116 cm³/mol. The number of rotatable bonds is 7. The lowest BCUT2D eigenvalue weighted by Gasteiger charge is -2.17. The lowest BCUT2D eigenvalue weighted by Crippen LogP contribution is -2.44. The van der Waals surface area contributed by atoms with Crippen molar-refractivity contribution in [1.29, 1.82) is 0 Å². The Labute approximate surface area is 184 Å². The van der Waals surface area contributed by atoms with Crippen molar-refractivity contribution >= 4 is 23.4 Å². The van der Waals surface area contributed by atoms with Crippen molar-refractivity contribution in [2.75, 3.05) is 11.9 Å². The zero-order chi connectivity index (χ0) is 22.5. The maximum Gasteiger partial charge on any atom is 0.254 e. The van der Waals surface area contributed by atoms with Crippen LogP contribution in [0.15, 0.2) is 71.3 Å². The highest BCUT2D eigenvalue weighted by Gasteiger charge is 2.29. The molecule has 3 amide bonds. The molecule has 1 aromatic heterocycles. The highest BCUT2D eigenvalue weighted by molar-refractivity contribution is 6.10. The summed E-state index contributed by atoms with van der Waals surface area (Å²) in [4.78, 5) is 37.3. The van der Waals surface area contributed by atoms with E-state index in [0.717, 1.165) is 5.56 Å². The van der Waals surface area contributed by atoms with Crippen molar-refractivity contribution < 1.29 is 23.2 Å². The number of anilines is 1. The quantitative estimate of drug-likeness (QED) is 0.531. The van der Waals surface area contributed by atoms with E-state index in [-0.39, 0.29) is 24.1 Å². The minimum absolute atomic E-state index is 0.165. The van der Waals surface area contributed by atoms with Crippen LogP contribution >= 0.6 is 0 Å². The number of hydrogen-bond acceptors (Lipinski definition) is 4. The molecule has 4 rings (SSSR count). The second kappa shape index (κ2) is 9.47. The van der Waals surface area contributed by atoms with Gasteiger partial charge in [-0.25, -0.2) is 4.39 Å². The molecule has 0 radical (unpaired) electrons. The molecule has 0 saturated carbocycles. The fourth-order valence-corrected chi connectivity index (χ4v) is 3.73. The summed E-state index contributed by atoms with van der Waals surface area (Å²) in [7, 11) is 0. The second-order valence-corrected chi connectivity index (χ2v) is 7.52. The van der Waals surface area contributed by atoms with Gasteiger partial charge in [-0.2, -0.15) is 0 Å². The van der Waals surface area contributed by atoms with Crippen LogP contribution in [-0.2, 0) is 9.59 Å². The normalized spacial score (nSPS) is 16.3. The van der Waals surface area contributed by atoms with Gasteiger partial charge in [0.1, 0.15) is 17.6 Å². The summed E-state index contributed by atoms with van der Waals surface area (Å²) >= 11 is 0. The molecule has 0 unspecified atom stereocenters. The van der Waals surface area contributed by atoms with Gasteiger partial charge in [-0.3, -0.25) is 14.4 Å². The lowest BCUT2D eigenvalue weighted by atomic mass is 9.93. The molecule has 32 heavy (non-hydrogen) atoms. The van der Waals surface area contributed by atoms with Crippen molar-refractivity contribution in [2.24, 2.45) is 0 Å². The summed E-state index contributed by atoms with van der Waals surface area (Å²) in [5, 5.41) is 8.08. The highest BCUT2D eigenvalue weighted by atomic mass is 19.1. The summed E-state index contributed by atoms with van der Waals surface area (Å²) in [6, 6.07) is 15.4. The molecule has 1 aliphatic heterocycles. The van der Waals surface area contributed by atoms with E-state index in [9.17, 15) is 18.8 Å². The van der Waals surface area contributed by atoms with Crippen LogP contribution in [-0.4, -0.2) is 30.3 Å². The monoisotopic (exact) mass is 435 g/mol. The van der Waals surface area contributed by atoms with Gasteiger partial charge in [0.05, 0.1) is 23.9 Å². The van der Waals surface area contributed by atoms with Crippen LogP contribution in [0, 0.1) is 5.82 Å². The van der Waals surface area contributed by atoms with Crippen LogP contribution in [0.4, 0.5) is 10.1 Å². The molecular weight excluding hydrogens is 413 g/mol. The number of amides is 3. The number of nitrogens with one attached hydrogen (secondary N) is 3. The summed E-state index contributed by atoms with van der Waals surface area (Å²) in [5.74, 6) is -1.01. The number of carbonyl (C=O) groups excluding carboxylic acids is 3. The van der Waals surface area contributed by atoms with Crippen molar-refractivity contribution in [3.05, 3.63) is 89.6 Å². The van der Waals surface area contributed by atoms with E-state index in [2.05, 4.69) is 16.0 Å². The van der Waals surface area contributed by atoms with Crippen LogP contribution < -0.4 is 16.0 Å². The lowest BCUT2D eigenvalue weighted by molar-refractivity contribution is -0.125. The fourth-order valence-electron chi connectivity index (χ4n) is 3.73.